The lowest BCUT2D eigenvalue weighted by Crippen LogP contribution is -1.99. The molecule has 0 saturated heterocycles. The van der Waals surface area contributed by atoms with Crippen LogP contribution in [0.25, 0.3) is 10.9 Å². The second-order valence-corrected chi connectivity index (χ2v) is 5.59. The van der Waals surface area contributed by atoms with E-state index in [1.807, 2.05) is 18.2 Å². The highest BCUT2D eigenvalue weighted by Gasteiger charge is 2.17. The Balaban J connectivity index is 2.08. The molecule has 0 radical (unpaired) electrons. The molecule has 0 atom stereocenters. The highest BCUT2D eigenvalue weighted by Crippen LogP contribution is 2.26. The molecule has 0 spiro atoms. The Bertz CT molecular complexity index is 763. The van der Waals surface area contributed by atoms with Crippen LogP contribution in [0.3, 0.4) is 0 Å². The number of benzene rings is 1. The quantitative estimate of drug-likeness (QED) is 0.743. The lowest BCUT2D eigenvalue weighted by molar-refractivity contribution is 0.104. The van der Waals surface area contributed by atoms with Gasteiger partial charge in [-0.1, -0.05) is 0 Å². The number of hydrogen-bond donors (Lipinski definition) is 1. The molecule has 0 amide bonds. The van der Waals surface area contributed by atoms with E-state index < -0.39 is 0 Å². The van der Waals surface area contributed by atoms with E-state index in [2.05, 4.69) is 25.9 Å². The van der Waals surface area contributed by atoms with Crippen LogP contribution in [0.15, 0.2) is 34.4 Å². The van der Waals surface area contributed by atoms with Crippen molar-refractivity contribution < 1.29 is 9.53 Å². The Morgan fingerprint density at radius 2 is 2.32 bits per heavy atom. The van der Waals surface area contributed by atoms with Gasteiger partial charge in [0, 0.05) is 28.5 Å². The molecule has 1 aromatic carbocycles. The van der Waals surface area contributed by atoms with E-state index in [0.29, 0.717) is 15.2 Å². The number of ether oxygens (including phenoxy) is 1. The number of thiazole rings is 1. The van der Waals surface area contributed by atoms with Gasteiger partial charge in [-0.15, -0.1) is 11.3 Å². The first kappa shape index (κ1) is 12.4. The summed E-state index contributed by atoms with van der Waals surface area (Å²) in [6.45, 7) is 0. The summed E-state index contributed by atoms with van der Waals surface area (Å²) >= 11 is 4.58. The maximum absolute atomic E-state index is 12.4. The highest BCUT2D eigenvalue weighted by molar-refractivity contribution is 9.10. The number of rotatable bonds is 3. The van der Waals surface area contributed by atoms with Gasteiger partial charge in [0.2, 0.25) is 5.78 Å². The number of fused-ring (bicyclic) bond motifs is 1. The molecule has 19 heavy (non-hydrogen) atoms. The lowest BCUT2D eigenvalue weighted by Gasteiger charge is -1.99. The third kappa shape index (κ3) is 2.17. The van der Waals surface area contributed by atoms with Gasteiger partial charge in [-0.25, -0.2) is 4.98 Å². The monoisotopic (exact) mass is 336 g/mol. The number of nitrogens with zero attached hydrogens (tertiary/aromatic N) is 1. The van der Waals surface area contributed by atoms with Crippen molar-refractivity contribution in [3.63, 3.8) is 0 Å². The van der Waals surface area contributed by atoms with Crippen molar-refractivity contribution in [2.45, 2.75) is 0 Å². The van der Waals surface area contributed by atoms with E-state index in [-0.39, 0.29) is 5.78 Å². The van der Waals surface area contributed by atoms with Crippen LogP contribution in [0.5, 0.6) is 5.75 Å². The summed E-state index contributed by atoms with van der Waals surface area (Å²) in [7, 11) is 1.61. The maximum atomic E-state index is 12.4. The van der Waals surface area contributed by atoms with Crippen LogP contribution >= 0.6 is 27.3 Å². The van der Waals surface area contributed by atoms with Crippen molar-refractivity contribution in [2.24, 2.45) is 0 Å². The topological polar surface area (TPSA) is 55.0 Å². The van der Waals surface area contributed by atoms with Crippen LogP contribution < -0.4 is 4.74 Å². The number of carbonyl (C=O) groups excluding carboxylic acids is 1. The fourth-order valence-corrected chi connectivity index (χ4v) is 3.10. The van der Waals surface area contributed by atoms with Gasteiger partial charge >= 0.3 is 0 Å². The molecule has 0 saturated carbocycles. The molecule has 0 unspecified atom stereocenters. The summed E-state index contributed by atoms with van der Waals surface area (Å²) in [5.74, 6) is 0.678. The zero-order valence-electron chi connectivity index (χ0n) is 9.94. The van der Waals surface area contributed by atoms with Gasteiger partial charge in [-0.3, -0.25) is 4.79 Å². The average Bonchev–Trinajstić information content (AvgIpc) is 3.03. The van der Waals surface area contributed by atoms with E-state index in [1.54, 1.807) is 18.7 Å². The normalized spacial score (nSPS) is 10.8. The summed E-state index contributed by atoms with van der Waals surface area (Å²) in [5.41, 5.74) is 1.50. The fourth-order valence-electron chi connectivity index (χ4n) is 1.89. The van der Waals surface area contributed by atoms with Crippen molar-refractivity contribution in [1.29, 1.82) is 0 Å². The van der Waals surface area contributed by atoms with Gasteiger partial charge in [-0.05, 0) is 28.1 Å². The van der Waals surface area contributed by atoms with Gasteiger partial charge in [0.1, 0.15) is 10.4 Å². The van der Waals surface area contributed by atoms with Crippen molar-refractivity contribution in [2.75, 3.05) is 7.11 Å². The molecule has 96 valence electrons. The predicted octanol–water partition coefficient (Wildman–Crippen LogP) is 3.63. The van der Waals surface area contributed by atoms with Gasteiger partial charge in [-0.2, -0.15) is 0 Å². The number of methoxy groups -OCH3 is 1. The van der Waals surface area contributed by atoms with Gasteiger partial charge in [0.05, 0.1) is 12.7 Å². The number of aromatic amines is 1. The molecule has 0 aliphatic carbocycles. The number of hydrogen-bond acceptors (Lipinski definition) is 4. The van der Waals surface area contributed by atoms with E-state index in [0.717, 1.165) is 16.7 Å². The zero-order valence-corrected chi connectivity index (χ0v) is 12.3. The molecule has 0 aliphatic heterocycles. The Labute approximate surface area is 121 Å². The van der Waals surface area contributed by atoms with Crippen LogP contribution in [0.4, 0.5) is 0 Å². The minimum Gasteiger partial charge on any atom is -0.497 e. The van der Waals surface area contributed by atoms with Gasteiger partial charge in [0.15, 0.2) is 5.01 Å². The summed E-state index contributed by atoms with van der Waals surface area (Å²) in [5, 5.41) is 3.14. The van der Waals surface area contributed by atoms with Gasteiger partial charge in [0.25, 0.3) is 0 Å². The second-order valence-electron chi connectivity index (χ2n) is 3.92. The van der Waals surface area contributed by atoms with Crippen LogP contribution in [0, 0.1) is 0 Å². The lowest BCUT2D eigenvalue weighted by atomic mass is 10.1. The predicted molar refractivity (Wildman–Crippen MR) is 78.1 cm³/mol. The molecule has 4 nitrogen and oxygen atoms in total. The standard InChI is InChI=1S/C13H9BrN2O2S/c1-18-7-2-3-8-9(5-15-10(8)4-7)12(17)13-16-11(14)6-19-13/h2-6,15H,1H3. The largest absolute Gasteiger partial charge is 0.497 e. The molecule has 3 aromatic rings. The Kier molecular flexibility index (Phi) is 3.12. The molecule has 3 rings (SSSR count). The number of H-pyrrole nitrogens is 1. The molecule has 2 heterocycles. The number of aromatic nitrogens is 2. The smallest absolute Gasteiger partial charge is 0.223 e. The van der Waals surface area contributed by atoms with Crippen LogP contribution in [-0.2, 0) is 0 Å². The van der Waals surface area contributed by atoms with E-state index in [9.17, 15) is 4.79 Å². The van der Waals surface area contributed by atoms with E-state index in [1.165, 1.54) is 11.3 Å². The molecular weight excluding hydrogens is 328 g/mol. The Morgan fingerprint density at radius 3 is 3.00 bits per heavy atom. The number of carbonyl (C=O) groups is 1. The maximum Gasteiger partial charge on any atom is 0.223 e. The second kappa shape index (κ2) is 4.79. The first-order chi connectivity index (χ1) is 9.19. The van der Waals surface area contributed by atoms with Gasteiger partial charge < -0.3 is 9.72 Å². The minimum atomic E-state index is -0.0767. The van der Waals surface area contributed by atoms with Crippen molar-refractivity contribution in [1.82, 2.24) is 9.97 Å². The fraction of sp³-hybridized carbons (Fsp3) is 0.0769. The molecule has 0 fully saturated rings. The number of halogens is 1. The SMILES string of the molecule is COc1ccc2c(C(=O)c3nc(Br)cs3)c[nH]c2c1. The van der Waals surface area contributed by atoms with Crippen LogP contribution in [0.1, 0.15) is 15.4 Å². The third-order valence-electron chi connectivity index (χ3n) is 2.80. The Hall–Kier alpha value is -1.66. The van der Waals surface area contributed by atoms with E-state index in [4.69, 9.17) is 4.74 Å². The number of ketones is 1. The first-order valence-corrected chi connectivity index (χ1v) is 7.17. The first-order valence-electron chi connectivity index (χ1n) is 5.50. The molecule has 6 heteroatoms. The van der Waals surface area contributed by atoms with Crippen molar-refractivity contribution >= 4 is 44.0 Å². The minimum absolute atomic E-state index is 0.0767. The molecule has 0 aliphatic rings. The van der Waals surface area contributed by atoms with Crippen LogP contribution in [-0.4, -0.2) is 22.9 Å². The molecule has 2 aromatic heterocycles. The molecular formula is C13H9BrN2O2S. The average molecular weight is 337 g/mol. The summed E-state index contributed by atoms with van der Waals surface area (Å²) in [4.78, 5) is 19.6. The summed E-state index contributed by atoms with van der Waals surface area (Å²) in [6.07, 6.45) is 1.71. The zero-order chi connectivity index (χ0) is 13.4. The number of nitrogens with one attached hydrogen (secondary N) is 1. The van der Waals surface area contributed by atoms with Crippen molar-refractivity contribution in [3.8, 4) is 5.75 Å². The van der Waals surface area contributed by atoms with Crippen molar-refractivity contribution in [3.05, 3.63) is 45.0 Å². The summed E-state index contributed by atoms with van der Waals surface area (Å²) < 4.78 is 5.84. The molecule has 0 bridgehead atoms. The molecule has 1 N–H and O–H groups in total. The Morgan fingerprint density at radius 1 is 1.47 bits per heavy atom. The highest BCUT2D eigenvalue weighted by atomic mass is 79.9. The summed E-state index contributed by atoms with van der Waals surface area (Å²) in [6, 6.07) is 5.58. The van der Waals surface area contributed by atoms with Crippen LogP contribution in [0.2, 0.25) is 0 Å². The van der Waals surface area contributed by atoms with E-state index >= 15 is 0 Å². The third-order valence-corrected chi connectivity index (χ3v) is 4.35.